The SMILES string of the molecule is O=C(Nc1ccc(Cl)c2c1C(F)(F)C(F)(F)O2)N1CC(c2ccc(F)cc2)C(c2ccc(F)cc2)=N1. The molecule has 2 heterocycles. The lowest BCUT2D eigenvalue weighted by molar-refractivity contribution is -0.296. The van der Waals surface area contributed by atoms with Crippen LogP contribution >= 0.6 is 11.6 Å². The van der Waals surface area contributed by atoms with Gasteiger partial charge in [-0.1, -0.05) is 35.9 Å². The van der Waals surface area contributed by atoms with E-state index in [9.17, 15) is 31.1 Å². The third-order valence-electron chi connectivity index (χ3n) is 5.82. The number of hydrazone groups is 1. The van der Waals surface area contributed by atoms with E-state index in [2.05, 4.69) is 15.2 Å². The average Bonchev–Trinajstić information content (AvgIpc) is 3.35. The third kappa shape index (κ3) is 3.93. The van der Waals surface area contributed by atoms with Crippen LogP contribution in [0.5, 0.6) is 5.75 Å². The predicted molar refractivity (Wildman–Crippen MR) is 119 cm³/mol. The zero-order chi connectivity index (χ0) is 25.8. The van der Waals surface area contributed by atoms with E-state index in [1.165, 1.54) is 48.5 Å². The molecule has 12 heteroatoms. The van der Waals surface area contributed by atoms with Crippen molar-refractivity contribution in [3.8, 4) is 5.75 Å². The maximum Gasteiger partial charge on any atom is 0.469 e. The molecule has 5 nitrogen and oxygen atoms in total. The van der Waals surface area contributed by atoms with Gasteiger partial charge in [0, 0.05) is 5.92 Å². The summed E-state index contributed by atoms with van der Waals surface area (Å²) in [6, 6.07) is 11.7. The minimum Gasteiger partial charge on any atom is -0.426 e. The number of carbonyl (C=O) groups is 1. The van der Waals surface area contributed by atoms with E-state index in [0.29, 0.717) is 16.8 Å². The van der Waals surface area contributed by atoms with E-state index in [1.54, 1.807) is 0 Å². The first kappa shape index (κ1) is 24.0. The van der Waals surface area contributed by atoms with E-state index >= 15 is 0 Å². The Kier molecular flexibility index (Phi) is 5.62. The highest BCUT2D eigenvalue weighted by atomic mass is 35.5. The smallest absolute Gasteiger partial charge is 0.426 e. The molecule has 1 unspecified atom stereocenters. The first-order valence-corrected chi connectivity index (χ1v) is 10.8. The van der Waals surface area contributed by atoms with Gasteiger partial charge in [-0.25, -0.2) is 18.6 Å². The second-order valence-corrected chi connectivity index (χ2v) is 8.51. The quantitative estimate of drug-likeness (QED) is 0.385. The second-order valence-electron chi connectivity index (χ2n) is 8.10. The van der Waals surface area contributed by atoms with Crippen molar-refractivity contribution >= 4 is 29.0 Å². The maximum atomic E-state index is 14.4. The second kappa shape index (κ2) is 8.44. The van der Waals surface area contributed by atoms with Crippen LogP contribution in [0.1, 0.15) is 22.6 Å². The highest BCUT2D eigenvalue weighted by molar-refractivity contribution is 6.32. The Bertz CT molecular complexity index is 1380. The fourth-order valence-corrected chi connectivity index (χ4v) is 4.25. The van der Waals surface area contributed by atoms with Gasteiger partial charge in [-0.05, 0) is 47.5 Å². The Balaban J connectivity index is 1.48. The van der Waals surface area contributed by atoms with Gasteiger partial charge in [0.1, 0.15) is 11.6 Å². The van der Waals surface area contributed by atoms with Crippen molar-refractivity contribution in [2.24, 2.45) is 5.10 Å². The van der Waals surface area contributed by atoms with Gasteiger partial charge in [0.2, 0.25) is 0 Å². The lowest BCUT2D eigenvalue weighted by Gasteiger charge is -2.19. The number of carbonyl (C=O) groups excluding carboxylic acids is 1. The van der Waals surface area contributed by atoms with Crippen LogP contribution in [0.15, 0.2) is 65.8 Å². The van der Waals surface area contributed by atoms with Crippen LogP contribution in [0, 0.1) is 11.6 Å². The van der Waals surface area contributed by atoms with E-state index in [1.807, 2.05) is 0 Å². The summed E-state index contributed by atoms with van der Waals surface area (Å²) in [5, 5.41) is 6.88. The summed E-state index contributed by atoms with van der Waals surface area (Å²) < 4.78 is 87.5. The zero-order valence-electron chi connectivity index (χ0n) is 17.9. The molecule has 1 atom stereocenters. The number of urea groups is 1. The first-order valence-electron chi connectivity index (χ1n) is 10.4. The van der Waals surface area contributed by atoms with Gasteiger partial charge < -0.3 is 10.1 Å². The lowest BCUT2D eigenvalue weighted by Crippen LogP contribution is -2.37. The number of hydrogen-bond donors (Lipinski definition) is 1. The molecule has 0 fully saturated rings. The van der Waals surface area contributed by atoms with Crippen molar-refractivity contribution in [3.05, 3.63) is 94.0 Å². The molecule has 0 aromatic heterocycles. The number of ether oxygens (including phenoxy) is 1. The molecule has 5 rings (SSSR count). The monoisotopic (exact) mass is 525 g/mol. The largest absolute Gasteiger partial charge is 0.469 e. The summed E-state index contributed by atoms with van der Waals surface area (Å²) in [7, 11) is 0. The molecule has 0 bridgehead atoms. The Morgan fingerprint density at radius 3 is 2.22 bits per heavy atom. The normalized spacial score (nSPS) is 19.5. The van der Waals surface area contributed by atoms with Gasteiger partial charge in [-0.15, -0.1) is 0 Å². The van der Waals surface area contributed by atoms with E-state index in [0.717, 1.165) is 17.1 Å². The fraction of sp³-hybridized carbons (Fsp3) is 0.167. The number of nitrogens with one attached hydrogen (secondary N) is 1. The number of fused-ring (bicyclic) bond motifs is 1. The summed E-state index contributed by atoms with van der Waals surface area (Å²) in [6.45, 7) is -0.0942. The maximum absolute atomic E-state index is 14.4. The molecular weight excluding hydrogens is 512 g/mol. The zero-order valence-corrected chi connectivity index (χ0v) is 18.7. The van der Waals surface area contributed by atoms with Crippen LogP contribution in [0.25, 0.3) is 0 Å². The molecule has 0 spiro atoms. The Labute approximate surface area is 204 Å². The molecule has 2 amide bonds. The molecule has 0 aliphatic carbocycles. The van der Waals surface area contributed by atoms with Crippen LogP contribution in [0.4, 0.5) is 36.8 Å². The number of amides is 2. The van der Waals surface area contributed by atoms with E-state index in [4.69, 9.17) is 11.6 Å². The lowest BCUT2D eigenvalue weighted by atomic mass is 9.90. The molecule has 0 radical (unpaired) electrons. The molecule has 1 N–H and O–H groups in total. The summed E-state index contributed by atoms with van der Waals surface area (Å²) in [5.41, 5.74) is -0.510. The average molecular weight is 526 g/mol. The topological polar surface area (TPSA) is 53.9 Å². The Morgan fingerprint density at radius 1 is 0.972 bits per heavy atom. The van der Waals surface area contributed by atoms with Crippen molar-refractivity contribution in [3.63, 3.8) is 0 Å². The fourth-order valence-electron chi connectivity index (χ4n) is 4.06. The first-order chi connectivity index (χ1) is 17.0. The molecule has 0 saturated heterocycles. The van der Waals surface area contributed by atoms with Gasteiger partial charge >= 0.3 is 18.1 Å². The highest BCUT2D eigenvalue weighted by Gasteiger charge is 2.68. The van der Waals surface area contributed by atoms with E-state index in [-0.39, 0.29) is 6.54 Å². The molecule has 3 aromatic carbocycles. The number of hydrogen-bond acceptors (Lipinski definition) is 3. The molecule has 2 aliphatic rings. The minimum absolute atomic E-state index is 0.0942. The van der Waals surface area contributed by atoms with Gasteiger partial charge in [0.25, 0.3) is 0 Å². The number of rotatable bonds is 3. The van der Waals surface area contributed by atoms with Gasteiger partial charge in [0.15, 0.2) is 5.75 Å². The summed E-state index contributed by atoms with van der Waals surface area (Å²) in [5.74, 6) is -7.26. The number of nitrogens with zero attached hydrogens (tertiary/aromatic N) is 2. The van der Waals surface area contributed by atoms with Crippen LogP contribution in [-0.2, 0) is 5.92 Å². The summed E-state index contributed by atoms with van der Waals surface area (Å²) in [4.78, 5) is 13.0. The standard InChI is InChI=1S/C24H14ClF6N3O2/c25-17-9-10-18(19-21(17)36-24(30,31)23(19,28)29)32-22(35)34-11-16(12-1-5-14(26)6-2-12)20(33-34)13-3-7-15(27)8-4-13/h1-10,16H,11H2,(H,32,35). The van der Waals surface area contributed by atoms with Crippen LogP contribution in [0.3, 0.4) is 0 Å². The summed E-state index contributed by atoms with van der Waals surface area (Å²) >= 11 is 5.77. The minimum atomic E-state index is -4.87. The van der Waals surface area contributed by atoms with Crippen molar-refractivity contribution in [2.75, 3.05) is 11.9 Å². The molecular formula is C24H14ClF6N3O2. The summed E-state index contributed by atoms with van der Waals surface area (Å²) in [6.07, 6.45) is -4.87. The van der Waals surface area contributed by atoms with Crippen LogP contribution < -0.4 is 10.1 Å². The molecule has 3 aromatic rings. The Morgan fingerprint density at radius 2 is 1.58 bits per heavy atom. The molecule has 0 saturated carbocycles. The van der Waals surface area contributed by atoms with Crippen molar-refractivity contribution < 1.29 is 35.9 Å². The van der Waals surface area contributed by atoms with Gasteiger partial charge in [-0.2, -0.15) is 22.7 Å². The molecule has 36 heavy (non-hydrogen) atoms. The van der Waals surface area contributed by atoms with Crippen molar-refractivity contribution in [1.82, 2.24) is 5.01 Å². The number of alkyl halides is 4. The van der Waals surface area contributed by atoms with Crippen molar-refractivity contribution in [2.45, 2.75) is 17.9 Å². The van der Waals surface area contributed by atoms with Gasteiger partial charge in [-0.3, -0.25) is 0 Å². The van der Waals surface area contributed by atoms with Crippen molar-refractivity contribution in [1.29, 1.82) is 0 Å². The molecule has 186 valence electrons. The van der Waals surface area contributed by atoms with Gasteiger partial charge in [0.05, 0.1) is 28.5 Å². The highest BCUT2D eigenvalue weighted by Crippen LogP contribution is 2.58. The third-order valence-corrected chi connectivity index (χ3v) is 6.12. The van der Waals surface area contributed by atoms with E-state index < -0.39 is 57.6 Å². The van der Waals surface area contributed by atoms with Crippen LogP contribution in [-0.4, -0.2) is 29.4 Å². The van der Waals surface area contributed by atoms with Crippen LogP contribution in [0.2, 0.25) is 5.02 Å². The number of benzene rings is 3. The molecule has 2 aliphatic heterocycles. The predicted octanol–water partition coefficient (Wildman–Crippen LogP) is 6.73. The number of anilines is 1. The number of halogens is 7. The Hall–Kier alpha value is -3.73.